The number of nitrogens with one attached hydrogen (secondary N) is 1. The lowest BCUT2D eigenvalue weighted by Gasteiger charge is -2.07. The molecule has 0 aliphatic carbocycles. The molecule has 0 atom stereocenters. The first-order valence-electron chi connectivity index (χ1n) is 8.03. The molecule has 130 valence electrons. The number of carbonyl (C=O) groups excluding carboxylic acids is 1. The van der Waals surface area contributed by atoms with Gasteiger partial charge < -0.3 is 9.84 Å². The maximum atomic E-state index is 11.3. The summed E-state index contributed by atoms with van der Waals surface area (Å²) in [5, 5.41) is 15.0. The summed E-state index contributed by atoms with van der Waals surface area (Å²) < 4.78 is 7.11. The van der Waals surface area contributed by atoms with E-state index in [1.165, 1.54) is 6.92 Å². The third-order valence-corrected chi connectivity index (χ3v) is 4.09. The zero-order valence-electron chi connectivity index (χ0n) is 14.5. The molecule has 2 aromatic carbocycles. The highest BCUT2D eigenvalue weighted by Gasteiger charge is 2.13. The molecular weight excluding hydrogens is 332 g/mol. The van der Waals surface area contributed by atoms with Gasteiger partial charge in [-0.25, -0.2) is 4.68 Å². The third kappa shape index (κ3) is 2.81. The predicted molar refractivity (Wildman–Crippen MR) is 96.3 cm³/mol. The maximum Gasteiger partial charge on any atom is 0.258 e. The molecule has 0 saturated carbocycles. The molecule has 4 aromatic rings. The molecule has 26 heavy (non-hydrogen) atoms. The van der Waals surface area contributed by atoms with Gasteiger partial charge in [0.05, 0.1) is 5.52 Å². The molecule has 0 aliphatic rings. The molecule has 0 saturated heterocycles. The van der Waals surface area contributed by atoms with E-state index in [2.05, 4.69) is 25.8 Å². The van der Waals surface area contributed by atoms with E-state index < -0.39 is 0 Å². The molecule has 0 fully saturated rings. The van der Waals surface area contributed by atoms with Gasteiger partial charge in [0.1, 0.15) is 5.52 Å². The summed E-state index contributed by atoms with van der Waals surface area (Å²) in [5.41, 5.74) is 4.89. The quantitative estimate of drug-likeness (QED) is 0.611. The topological polar surface area (TPSA) is 98.7 Å². The second-order valence-electron chi connectivity index (χ2n) is 6.05. The standard InChI is InChI=1S/C18H16N6O2/c1-10-4-5-13(9-14(10)19-11(2)25)18-20-17(22-26-18)12-6-7-16-15(8-12)21-23-24(16)3/h4-9H,1-3H3,(H,19,25). The minimum absolute atomic E-state index is 0.131. The van der Waals surface area contributed by atoms with E-state index >= 15 is 0 Å². The zero-order valence-corrected chi connectivity index (χ0v) is 14.5. The van der Waals surface area contributed by atoms with Gasteiger partial charge in [0, 0.05) is 30.8 Å². The van der Waals surface area contributed by atoms with Crippen LogP contribution in [0.4, 0.5) is 5.69 Å². The Bertz CT molecular complexity index is 1130. The molecule has 0 spiro atoms. The van der Waals surface area contributed by atoms with Crippen molar-refractivity contribution in [2.45, 2.75) is 13.8 Å². The number of aryl methyl sites for hydroxylation is 2. The number of benzene rings is 2. The molecule has 0 unspecified atom stereocenters. The molecule has 4 rings (SSSR count). The summed E-state index contributed by atoms with van der Waals surface area (Å²) in [6.07, 6.45) is 0. The highest BCUT2D eigenvalue weighted by Crippen LogP contribution is 2.27. The highest BCUT2D eigenvalue weighted by atomic mass is 16.5. The number of aromatic nitrogens is 5. The minimum Gasteiger partial charge on any atom is -0.334 e. The van der Waals surface area contributed by atoms with E-state index in [9.17, 15) is 4.79 Å². The fourth-order valence-corrected chi connectivity index (χ4v) is 2.72. The van der Waals surface area contributed by atoms with Gasteiger partial charge in [-0.15, -0.1) is 5.10 Å². The average Bonchev–Trinajstić information content (AvgIpc) is 3.24. The number of hydrogen-bond acceptors (Lipinski definition) is 6. The molecule has 0 radical (unpaired) electrons. The van der Waals surface area contributed by atoms with Crippen molar-refractivity contribution in [3.63, 3.8) is 0 Å². The number of amides is 1. The first-order valence-corrected chi connectivity index (χ1v) is 8.03. The van der Waals surface area contributed by atoms with Crippen molar-refractivity contribution in [2.24, 2.45) is 7.05 Å². The lowest BCUT2D eigenvalue weighted by Crippen LogP contribution is -2.07. The summed E-state index contributed by atoms with van der Waals surface area (Å²) in [7, 11) is 1.84. The van der Waals surface area contributed by atoms with E-state index in [-0.39, 0.29) is 5.91 Å². The number of hydrogen-bond donors (Lipinski definition) is 1. The van der Waals surface area contributed by atoms with Crippen molar-refractivity contribution in [3.8, 4) is 22.8 Å². The fourth-order valence-electron chi connectivity index (χ4n) is 2.72. The van der Waals surface area contributed by atoms with Gasteiger partial charge in [0.15, 0.2) is 0 Å². The Morgan fingerprint density at radius 3 is 2.77 bits per heavy atom. The first kappa shape index (κ1) is 15.9. The number of nitrogens with zero attached hydrogens (tertiary/aromatic N) is 5. The minimum atomic E-state index is -0.131. The Hall–Kier alpha value is -3.55. The van der Waals surface area contributed by atoms with Gasteiger partial charge in [0.2, 0.25) is 11.7 Å². The molecule has 0 bridgehead atoms. The fraction of sp³-hybridized carbons (Fsp3) is 0.167. The summed E-state index contributed by atoms with van der Waals surface area (Å²) in [5.74, 6) is 0.716. The molecule has 1 N–H and O–H groups in total. The van der Waals surface area contributed by atoms with Crippen molar-refractivity contribution in [1.29, 1.82) is 0 Å². The van der Waals surface area contributed by atoms with Gasteiger partial charge in [-0.3, -0.25) is 4.79 Å². The van der Waals surface area contributed by atoms with Crippen LogP contribution in [-0.2, 0) is 11.8 Å². The summed E-state index contributed by atoms with van der Waals surface area (Å²) in [4.78, 5) is 15.8. The SMILES string of the molecule is CC(=O)Nc1cc(-c2nc(-c3ccc4c(c3)nnn4C)no2)ccc1C. The first-order chi connectivity index (χ1) is 12.5. The third-order valence-electron chi connectivity index (χ3n) is 4.09. The van der Waals surface area contributed by atoms with Crippen LogP contribution in [-0.4, -0.2) is 31.0 Å². The number of fused-ring (bicyclic) bond motifs is 1. The van der Waals surface area contributed by atoms with E-state index in [0.29, 0.717) is 11.7 Å². The normalized spacial score (nSPS) is 11.0. The second kappa shape index (κ2) is 6.07. The van der Waals surface area contributed by atoms with Gasteiger partial charge in [-0.05, 0) is 42.8 Å². The number of anilines is 1. The van der Waals surface area contributed by atoms with E-state index in [4.69, 9.17) is 4.52 Å². The van der Waals surface area contributed by atoms with Crippen LogP contribution in [0.15, 0.2) is 40.9 Å². The van der Waals surface area contributed by atoms with Crippen LogP contribution in [0.2, 0.25) is 0 Å². The highest BCUT2D eigenvalue weighted by molar-refractivity contribution is 5.90. The van der Waals surface area contributed by atoms with Crippen molar-refractivity contribution < 1.29 is 9.32 Å². The van der Waals surface area contributed by atoms with Crippen molar-refractivity contribution in [2.75, 3.05) is 5.32 Å². The summed E-state index contributed by atoms with van der Waals surface area (Å²) in [6, 6.07) is 11.3. The largest absolute Gasteiger partial charge is 0.334 e. The van der Waals surface area contributed by atoms with Gasteiger partial charge in [-0.1, -0.05) is 16.4 Å². The monoisotopic (exact) mass is 348 g/mol. The average molecular weight is 348 g/mol. The summed E-state index contributed by atoms with van der Waals surface area (Å²) in [6.45, 7) is 3.39. The lowest BCUT2D eigenvalue weighted by atomic mass is 10.1. The van der Waals surface area contributed by atoms with Crippen LogP contribution in [0.1, 0.15) is 12.5 Å². The van der Waals surface area contributed by atoms with Crippen LogP contribution in [0.25, 0.3) is 33.9 Å². The second-order valence-corrected chi connectivity index (χ2v) is 6.05. The molecule has 0 aliphatic heterocycles. The number of carbonyl (C=O) groups is 1. The van der Waals surface area contributed by atoms with Gasteiger partial charge in [0.25, 0.3) is 5.89 Å². The van der Waals surface area contributed by atoms with Gasteiger partial charge >= 0.3 is 0 Å². The smallest absolute Gasteiger partial charge is 0.258 e. The molecule has 8 nitrogen and oxygen atoms in total. The van der Waals surface area contributed by atoms with Crippen LogP contribution in [0.5, 0.6) is 0 Å². The zero-order chi connectivity index (χ0) is 18.3. The Balaban J connectivity index is 1.70. The van der Waals surface area contributed by atoms with Gasteiger partial charge in [-0.2, -0.15) is 4.98 Å². The van der Waals surface area contributed by atoms with E-state index in [0.717, 1.165) is 33.4 Å². The van der Waals surface area contributed by atoms with Crippen LogP contribution in [0, 0.1) is 6.92 Å². The Kier molecular flexibility index (Phi) is 3.72. The molecule has 8 heteroatoms. The molecule has 2 heterocycles. The lowest BCUT2D eigenvalue weighted by molar-refractivity contribution is -0.114. The van der Waals surface area contributed by atoms with Crippen molar-refractivity contribution in [1.82, 2.24) is 25.1 Å². The van der Waals surface area contributed by atoms with Crippen molar-refractivity contribution in [3.05, 3.63) is 42.0 Å². The maximum absolute atomic E-state index is 11.3. The van der Waals surface area contributed by atoms with Crippen molar-refractivity contribution >= 4 is 22.6 Å². The Labute approximate surface area is 148 Å². The van der Waals surface area contributed by atoms with Crippen LogP contribution in [0.3, 0.4) is 0 Å². The molecule has 2 aromatic heterocycles. The van der Waals surface area contributed by atoms with Crippen LogP contribution >= 0.6 is 0 Å². The van der Waals surface area contributed by atoms with E-state index in [1.54, 1.807) is 4.68 Å². The predicted octanol–water partition coefficient (Wildman–Crippen LogP) is 2.95. The van der Waals surface area contributed by atoms with E-state index in [1.807, 2.05) is 50.4 Å². The number of rotatable bonds is 3. The Morgan fingerprint density at radius 1 is 1.15 bits per heavy atom. The summed E-state index contributed by atoms with van der Waals surface area (Å²) >= 11 is 0. The molecule has 1 amide bonds. The Morgan fingerprint density at radius 2 is 1.96 bits per heavy atom. The van der Waals surface area contributed by atoms with Crippen LogP contribution < -0.4 is 5.32 Å². The molecular formula is C18H16N6O2.